The molecule has 1 heterocycles. The molecule has 0 unspecified atom stereocenters. The molecule has 230 valence electrons. The Labute approximate surface area is 286 Å². The maximum Gasteiger partial charge on any atom is 0.143 e. The molecule has 9 aromatic rings. The largest absolute Gasteiger partial charge is 0.455 e. The lowest BCUT2D eigenvalue weighted by molar-refractivity contribution is 0.671. The molecular formula is C48H32O. The number of fused-ring (bicyclic) bond motifs is 3. The highest BCUT2D eigenvalue weighted by molar-refractivity contribution is 6.13. The van der Waals surface area contributed by atoms with Gasteiger partial charge in [0.2, 0.25) is 0 Å². The van der Waals surface area contributed by atoms with E-state index in [1.165, 1.54) is 44.5 Å². The van der Waals surface area contributed by atoms with E-state index in [1.807, 2.05) is 0 Å². The van der Waals surface area contributed by atoms with Gasteiger partial charge < -0.3 is 4.42 Å². The molecule has 0 amide bonds. The molecule has 0 aliphatic heterocycles. The summed E-state index contributed by atoms with van der Waals surface area (Å²) < 4.78 is 6.78. The summed E-state index contributed by atoms with van der Waals surface area (Å²) in [6, 6.07) is 69.2. The van der Waals surface area contributed by atoms with Crippen LogP contribution in [0.15, 0.2) is 199 Å². The van der Waals surface area contributed by atoms with Crippen LogP contribution in [0.25, 0.3) is 88.7 Å². The van der Waals surface area contributed by atoms with Crippen molar-refractivity contribution in [3.8, 4) is 66.8 Å². The molecule has 0 bridgehead atoms. The molecule has 0 saturated carbocycles. The molecule has 0 aliphatic carbocycles. The Hall–Kier alpha value is -6.44. The molecule has 1 aromatic heterocycles. The van der Waals surface area contributed by atoms with Gasteiger partial charge in [0.1, 0.15) is 11.2 Å². The first-order valence-corrected chi connectivity index (χ1v) is 16.8. The Balaban J connectivity index is 1.10. The van der Waals surface area contributed by atoms with Gasteiger partial charge >= 0.3 is 0 Å². The highest BCUT2D eigenvalue weighted by Crippen LogP contribution is 2.41. The van der Waals surface area contributed by atoms with E-state index in [-0.39, 0.29) is 0 Å². The summed E-state index contributed by atoms with van der Waals surface area (Å²) in [5.74, 6) is 0. The van der Waals surface area contributed by atoms with Gasteiger partial charge in [0.15, 0.2) is 0 Å². The standard InChI is InChI=1S/C48H32O/c1-4-12-33(13-5-1)36-22-26-38(27-23-36)43-18-10-20-45-46-21-11-19-44(48(46)49-47(43)45)39-28-24-37(25-29-39)42-31-40(34-14-6-2-7-15-34)30-41(32-42)35-16-8-3-9-17-35/h1-32H. The van der Waals surface area contributed by atoms with E-state index in [4.69, 9.17) is 4.42 Å². The summed E-state index contributed by atoms with van der Waals surface area (Å²) in [5, 5.41) is 2.26. The summed E-state index contributed by atoms with van der Waals surface area (Å²) >= 11 is 0. The molecule has 8 aromatic carbocycles. The van der Waals surface area contributed by atoms with Crippen molar-refractivity contribution >= 4 is 21.9 Å². The maximum atomic E-state index is 6.78. The van der Waals surface area contributed by atoms with Gasteiger partial charge in [0, 0.05) is 21.9 Å². The van der Waals surface area contributed by atoms with Gasteiger partial charge in [0.25, 0.3) is 0 Å². The second-order valence-corrected chi connectivity index (χ2v) is 12.5. The number of rotatable bonds is 6. The zero-order chi connectivity index (χ0) is 32.6. The van der Waals surface area contributed by atoms with Crippen LogP contribution in [0, 0.1) is 0 Å². The van der Waals surface area contributed by atoms with Crippen LogP contribution in [-0.4, -0.2) is 0 Å². The molecule has 0 aliphatic rings. The van der Waals surface area contributed by atoms with Gasteiger partial charge in [-0.15, -0.1) is 0 Å². The predicted octanol–water partition coefficient (Wildman–Crippen LogP) is 13.6. The van der Waals surface area contributed by atoms with Crippen LogP contribution < -0.4 is 0 Å². The van der Waals surface area contributed by atoms with Crippen LogP contribution in [0.2, 0.25) is 0 Å². The van der Waals surface area contributed by atoms with Crippen LogP contribution >= 0.6 is 0 Å². The Morgan fingerprint density at radius 1 is 0.224 bits per heavy atom. The van der Waals surface area contributed by atoms with Crippen molar-refractivity contribution < 1.29 is 4.42 Å². The lowest BCUT2D eigenvalue weighted by Crippen LogP contribution is -1.86. The number of hydrogen-bond donors (Lipinski definition) is 0. The van der Waals surface area contributed by atoms with Gasteiger partial charge in [-0.25, -0.2) is 0 Å². The average Bonchev–Trinajstić information content (AvgIpc) is 3.58. The minimum Gasteiger partial charge on any atom is -0.455 e. The van der Waals surface area contributed by atoms with E-state index in [1.54, 1.807) is 0 Å². The minimum absolute atomic E-state index is 0.913. The van der Waals surface area contributed by atoms with Gasteiger partial charge in [-0.2, -0.15) is 0 Å². The molecule has 0 saturated heterocycles. The maximum absolute atomic E-state index is 6.78. The first-order valence-electron chi connectivity index (χ1n) is 16.8. The van der Waals surface area contributed by atoms with Crippen molar-refractivity contribution in [2.24, 2.45) is 0 Å². The van der Waals surface area contributed by atoms with Crippen LogP contribution in [0.3, 0.4) is 0 Å². The normalized spacial score (nSPS) is 11.3. The summed E-state index contributed by atoms with van der Waals surface area (Å²) in [5.41, 5.74) is 15.9. The van der Waals surface area contributed by atoms with Gasteiger partial charge in [-0.05, 0) is 73.8 Å². The highest BCUT2D eigenvalue weighted by Gasteiger charge is 2.16. The summed E-state index contributed by atoms with van der Waals surface area (Å²) in [7, 11) is 0. The Kier molecular flexibility index (Phi) is 7.22. The minimum atomic E-state index is 0.913. The second kappa shape index (κ2) is 12.3. The van der Waals surface area contributed by atoms with E-state index in [0.717, 1.165) is 44.2 Å². The topological polar surface area (TPSA) is 13.1 Å². The lowest BCUT2D eigenvalue weighted by Gasteiger charge is -2.12. The number of benzene rings is 8. The van der Waals surface area contributed by atoms with Gasteiger partial charge in [-0.1, -0.05) is 176 Å². The van der Waals surface area contributed by atoms with E-state index >= 15 is 0 Å². The van der Waals surface area contributed by atoms with E-state index in [9.17, 15) is 0 Å². The fourth-order valence-corrected chi connectivity index (χ4v) is 6.98. The Bertz CT molecular complexity index is 2490. The molecule has 0 spiro atoms. The zero-order valence-electron chi connectivity index (χ0n) is 26.9. The molecule has 1 nitrogen and oxygen atoms in total. The van der Waals surface area contributed by atoms with Crippen molar-refractivity contribution in [3.63, 3.8) is 0 Å². The summed E-state index contributed by atoms with van der Waals surface area (Å²) in [6.45, 7) is 0. The lowest BCUT2D eigenvalue weighted by atomic mass is 9.92. The Morgan fingerprint density at radius 3 is 0.918 bits per heavy atom. The van der Waals surface area contributed by atoms with Crippen molar-refractivity contribution in [3.05, 3.63) is 194 Å². The van der Waals surface area contributed by atoms with Gasteiger partial charge in [0.05, 0.1) is 0 Å². The predicted molar refractivity (Wildman–Crippen MR) is 206 cm³/mol. The quantitative estimate of drug-likeness (QED) is 0.179. The monoisotopic (exact) mass is 624 g/mol. The summed E-state index contributed by atoms with van der Waals surface area (Å²) in [4.78, 5) is 0. The first kappa shape index (κ1) is 28.8. The summed E-state index contributed by atoms with van der Waals surface area (Å²) in [6.07, 6.45) is 0. The van der Waals surface area contributed by atoms with Crippen molar-refractivity contribution in [2.45, 2.75) is 0 Å². The second-order valence-electron chi connectivity index (χ2n) is 12.5. The van der Waals surface area contributed by atoms with Crippen LogP contribution in [0.1, 0.15) is 0 Å². The molecule has 9 rings (SSSR count). The Morgan fingerprint density at radius 2 is 0.531 bits per heavy atom. The molecule has 0 N–H and O–H groups in total. The molecule has 1 heteroatoms. The fraction of sp³-hybridized carbons (Fsp3) is 0. The molecule has 0 radical (unpaired) electrons. The van der Waals surface area contributed by atoms with Crippen molar-refractivity contribution in [1.29, 1.82) is 0 Å². The van der Waals surface area contributed by atoms with E-state index in [0.29, 0.717) is 0 Å². The number of hydrogen-bond acceptors (Lipinski definition) is 1. The van der Waals surface area contributed by atoms with Crippen LogP contribution in [-0.2, 0) is 0 Å². The third-order valence-electron chi connectivity index (χ3n) is 9.50. The third kappa shape index (κ3) is 5.42. The highest BCUT2D eigenvalue weighted by atomic mass is 16.3. The van der Waals surface area contributed by atoms with Crippen molar-refractivity contribution in [1.82, 2.24) is 0 Å². The SMILES string of the molecule is c1ccc(-c2ccc(-c3cccc4c3oc3c(-c5ccc(-c6cc(-c7ccccc7)cc(-c7ccccc7)c6)cc5)cccc34)cc2)cc1. The van der Waals surface area contributed by atoms with Gasteiger partial charge in [-0.3, -0.25) is 0 Å². The molecule has 0 fully saturated rings. The molecule has 0 atom stereocenters. The number of para-hydroxylation sites is 2. The van der Waals surface area contributed by atoms with Crippen molar-refractivity contribution in [2.75, 3.05) is 0 Å². The third-order valence-corrected chi connectivity index (χ3v) is 9.50. The first-order chi connectivity index (χ1) is 24.3. The fourth-order valence-electron chi connectivity index (χ4n) is 6.98. The molecule has 49 heavy (non-hydrogen) atoms. The van der Waals surface area contributed by atoms with E-state index < -0.39 is 0 Å². The van der Waals surface area contributed by atoms with Crippen LogP contribution in [0.4, 0.5) is 0 Å². The smallest absolute Gasteiger partial charge is 0.143 e. The van der Waals surface area contributed by atoms with Crippen LogP contribution in [0.5, 0.6) is 0 Å². The molecular weight excluding hydrogens is 593 g/mol. The number of furan rings is 1. The zero-order valence-corrected chi connectivity index (χ0v) is 26.9. The van der Waals surface area contributed by atoms with E-state index in [2.05, 4.69) is 194 Å². The average molecular weight is 625 g/mol.